The van der Waals surface area contributed by atoms with Gasteiger partial charge in [0.15, 0.2) is 0 Å². The van der Waals surface area contributed by atoms with Crippen molar-refractivity contribution >= 4 is 0 Å². The summed E-state index contributed by atoms with van der Waals surface area (Å²) in [6, 6.07) is 20.9. The van der Waals surface area contributed by atoms with Crippen molar-refractivity contribution in [3.8, 4) is 6.07 Å². The molecule has 0 aromatic heterocycles. The molecule has 0 spiro atoms. The predicted molar refractivity (Wildman–Crippen MR) is 105 cm³/mol. The molecule has 1 aliphatic heterocycles. The van der Waals surface area contributed by atoms with Gasteiger partial charge in [-0.2, -0.15) is 5.26 Å². The number of halogens is 1. The number of hydrogen-bond donors (Lipinski definition) is 1. The quantitative estimate of drug-likeness (QED) is 0.843. The maximum atomic E-state index is 15.2. The first-order valence-corrected chi connectivity index (χ1v) is 9.84. The molecule has 0 unspecified atom stereocenters. The minimum absolute atomic E-state index is 0.417. The van der Waals surface area contributed by atoms with E-state index in [0.29, 0.717) is 31.3 Å². The topological polar surface area (TPSA) is 39.1 Å². The van der Waals surface area contributed by atoms with Gasteiger partial charge in [0.25, 0.3) is 0 Å². The molecule has 4 rings (SSSR count). The number of nitrogens with one attached hydrogen (secondary N) is 1. The predicted octanol–water partition coefficient (Wildman–Crippen LogP) is 4.01. The molecule has 2 atom stereocenters. The fourth-order valence-electron chi connectivity index (χ4n) is 4.10. The second-order valence-corrected chi connectivity index (χ2v) is 7.94. The molecule has 2 aromatic rings. The van der Waals surface area contributed by atoms with Gasteiger partial charge in [0.2, 0.25) is 0 Å². The molecule has 0 bridgehead atoms. The summed E-state index contributed by atoms with van der Waals surface area (Å²) in [6.07, 6.45) is 2.21. The van der Waals surface area contributed by atoms with Gasteiger partial charge >= 0.3 is 0 Å². The summed E-state index contributed by atoms with van der Waals surface area (Å²) in [7, 11) is 0. The third-order valence-corrected chi connectivity index (χ3v) is 5.98. The first-order valence-electron chi connectivity index (χ1n) is 9.84. The summed E-state index contributed by atoms with van der Waals surface area (Å²) in [5.41, 5.74) is 1.99. The third-order valence-electron chi connectivity index (χ3n) is 5.98. The smallest absolute Gasteiger partial charge is 0.125 e. The van der Waals surface area contributed by atoms with Gasteiger partial charge in [-0.1, -0.05) is 48.5 Å². The Morgan fingerprint density at radius 1 is 1.07 bits per heavy atom. The van der Waals surface area contributed by atoms with Crippen molar-refractivity contribution in [2.45, 2.75) is 43.4 Å². The molecule has 2 aromatic carbocycles. The lowest BCUT2D eigenvalue weighted by atomic mass is 9.92. The zero-order valence-electron chi connectivity index (χ0n) is 15.6. The molecule has 1 N–H and O–H groups in total. The van der Waals surface area contributed by atoms with Crippen LogP contribution in [0, 0.1) is 11.3 Å². The summed E-state index contributed by atoms with van der Waals surface area (Å²) in [6.45, 7) is 2.66. The molecule has 1 aliphatic carbocycles. The summed E-state index contributed by atoms with van der Waals surface area (Å²) < 4.78 is 15.2. The van der Waals surface area contributed by atoms with Crippen LogP contribution in [0.5, 0.6) is 0 Å². The minimum Gasteiger partial charge on any atom is -0.310 e. The van der Waals surface area contributed by atoms with Crippen molar-refractivity contribution in [3.63, 3.8) is 0 Å². The monoisotopic (exact) mass is 363 g/mol. The number of alkyl halides is 1. The molecule has 3 nitrogen and oxygen atoms in total. The number of likely N-dealkylation sites (tertiary alicyclic amines) is 1. The molecular weight excluding hydrogens is 337 g/mol. The lowest BCUT2D eigenvalue weighted by molar-refractivity contribution is 0.0544. The Balaban J connectivity index is 1.24. The first kappa shape index (κ1) is 18.2. The standard InChI is InChI=1S/C23H26FN3/c24-23(17-26-22-14-21(22)18-6-2-1-3-7-18)10-12-27(13-11-23)16-20-9-5-4-8-19(20)15-25/h1-9,21-22,26H,10-14,16-17H2/t21-,22+/m0/s1. The van der Waals surface area contributed by atoms with Crippen LogP contribution in [0.4, 0.5) is 4.39 Å². The second kappa shape index (κ2) is 7.80. The van der Waals surface area contributed by atoms with E-state index in [-0.39, 0.29) is 0 Å². The highest BCUT2D eigenvalue weighted by Crippen LogP contribution is 2.41. The first-order chi connectivity index (χ1) is 13.2. The van der Waals surface area contributed by atoms with Gasteiger partial charge in [-0.15, -0.1) is 0 Å². The van der Waals surface area contributed by atoms with Crippen LogP contribution in [-0.4, -0.2) is 36.2 Å². The maximum Gasteiger partial charge on any atom is 0.125 e. The Kier molecular flexibility index (Phi) is 5.24. The molecular formula is C23H26FN3. The van der Waals surface area contributed by atoms with Crippen LogP contribution < -0.4 is 5.32 Å². The van der Waals surface area contributed by atoms with Crippen LogP contribution in [-0.2, 0) is 6.54 Å². The van der Waals surface area contributed by atoms with E-state index in [0.717, 1.165) is 37.2 Å². The number of nitriles is 1. The Morgan fingerprint density at radius 2 is 1.78 bits per heavy atom. The van der Waals surface area contributed by atoms with Gasteiger partial charge in [-0.25, -0.2) is 4.39 Å². The fourth-order valence-corrected chi connectivity index (χ4v) is 4.10. The molecule has 1 saturated carbocycles. The van der Waals surface area contributed by atoms with E-state index < -0.39 is 5.67 Å². The Morgan fingerprint density at radius 3 is 2.52 bits per heavy atom. The normalized spacial score (nSPS) is 24.3. The molecule has 0 amide bonds. The zero-order chi connectivity index (χ0) is 18.7. The van der Waals surface area contributed by atoms with Crippen molar-refractivity contribution in [1.82, 2.24) is 10.2 Å². The summed E-state index contributed by atoms with van der Waals surface area (Å²) in [5, 5.41) is 12.7. The molecule has 1 saturated heterocycles. The summed E-state index contributed by atoms with van der Waals surface area (Å²) in [4.78, 5) is 2.26. The maximum absolute atomic E-state index is 15.2. The van der Waals surface area contributed by atoms with Crippen molar-refractivity contribution in [2.24, 2.45) is 0 Å². The van der Waals surface area contributed by atoms with Crippen LogP contribution in [0.3, 0.4) is 0 Å². The number of rotatable bonds is 6. The van der Waals surface area contributed by atoms with E-state index in [2.05, 4.69) is 40.6 Å². The number of nitrogens with zero attached hydrogens (tertiary/aromatic N) is 2. The van der Waals surface area contributed by atoms with E-state index in [4.69, 9.17) is 0 Å². The summed E-state index contributed by atoms with van der Waals surface area (Å²) >= 11 is 0. The highest BCUT2D eigenvalue weighted by molar-refractivity contribution is 5.37. The average molecular weight is 363 g/mol. The molecule has 1 heterocycles. The third kappa shape index (κ3) is 4.37. The van der Waals surface area contributed by atoms with E-state index in [1.54, 1.807) is 0 Å². The van der Waals surface area contributed by atoms with Crippen LogP contribution in [0.2, 0.25) is 0 Å². The lowest BCUT2D eigenvalue weighted by Crippen LogP contribution is -2.47. The second-order valence-electron chi connectivity index (χ2n) is 7.94. The average Bonchev–Trinajstić information content (AvgIpc) is 3.49. The number of hydrogen-bond acceptors (Lipinski definition) is 3. The van der Waals surface area contributed by atoms with Gasteiger partial charge in [0.05, 0.1) is 11.6 Å². The van der Waals surface area contributed by atoms with Crippen molar-refractivity contribution in [3.05, 3.63) is 71.3 Å². The molecule has 27 heavy (non-hydrogen) atoms. The van der Waals surface area contributed by atoms with E-state index >= 15 is 4.39 Å². The molecule has 2 aliphatic rings. The highest BCUT2D eigenvalue weighted by Gasteiger charge is 2.41. The van der Waals surface area contributed by atoms with Crippen LogP contribution in [0.25, 0.3) is 0 Å². The van der Waals surface area contributed by atoms with E-state index in [1.807, 2.05) is 30.3 Å². The zero-order valence-corrected chi connectivity index (χ0v) is 15.6. The van der Waals surface area contributed by atoms with Gasteiger partial charge in [0.1, 0.15) is 5.67 Å². The van der Waals surface area contributed by atoms with Crippen LogP contribution in [0.1, 0.15) is 41.9 Å². The number of benzene rings is 2. The molecule has 2 fully saturated rings. The van der Waals surface area contributed by atoms with Crippen molar-refractivity contribution in [2.75, 3.05) is 19.6 Å². The fraction of sp³-hybridized carbons (Fsp3) is 0.435. The van der Waals surface area contributed by atoms with Gasteiger partial charge in [0, 0.05) is 38.1 Å². The highest BCUT2D eigenvalue weighted by atomic mass is 19.1. The van der Waals surface area contributed by atoms with Crippen molar-refractivity contribution in [1.29, 1.82) is 5.26 Å². The van der Waals surface area contributed by atoms with E-state index in [9.17, 15) is 5.26 Å². The largest absolute Gasteiger partial charge is 0.310 e. The SMILES string of the molecule is N#Cc1ccccc1CN1CCC(F)(CN[C@@H]2C[C@H]2c2ccccc2)CC1. The molecule has 140 valence electrons. The Bertz CT molecular complexity index is 806. The molecule has 0 radical (unpaired) electrons. The lowest BCUT2D eigenvalue weighted by Gasteiger charge is -2.36. The Labute approximate surface area is 160 Å². The van der Waals surface area contributed by atoms with Gasteiger partial charge in [-0.05, 0) is 36.5 Å². The van der Waals surface area contributed by atoms with Gasteiger partial charge < -0.3 is 5.32 Å². The summed E-state index contributed by atoms with van der Waals surface area (Å²) in [5.74, 6) is 0.539. The van der Waals surface area contributed by atoms with Gasteiger partial charge in [-0.3, -0.25) is 4.90 Å². The molecule has 4 heteroatoms. The van der Waals surface area contributed by atoms with Crippen LogP contribution in [0.15, 0.2) is 54.6 Å². The minimum atomic E-state index is -1.12. The van der Waals surface area contributed by atoms with Crippen molar-refractivity contribution < 1.29 is 4.39 Å². The van der Waals surface area contributed by atoms with Crippen LogP contribution >= 0.6 is 0 Å². The Hall–Kier alpha value is -2.22. The number of piperidine rings is 1. The van der Waals surface area contributed by atoms with E-state index in [1.165, 1.54) is 5.56 Å².